The minimum atomic E-state index is -0.210. The fourth-order valence-corrected chi connectivity index (χ4v) is 6.07. The summed E-state index contributed by atoms with van der Waals surface area (Å²) in [4.78, 5) is 31.7. The molecule has 1 amide bonds. The molecular weight excluding hydrogens is 456 g/mol. The molecule has 172 valence electrons. The zero-order valence-corrected chi connectivity index (χ0v) is 20.2. The first-order valence-corrected chi connectivity index (χ1v) is 13.0. The molecule has 0 unspecified atom stereocenters. The molecule has 3 aromatic rings. The molecule has 0 saturated heterocycles. The average molecular weight is 483 g/mol. The number of fused-ring (bicyclic) bond motifs is 2. The number of aryl methyl sites for hydroxylation is 1. The van der Waals surface area contributed by atoms with E-state index in [2.05, 4.69) is 16.4 Å². The summed E-state index contributed by atoms with van der Waals surface area (Å²) in [6.07, 6.45) is 4.74. The van der Waals surface area contributed by atoms with E-state index in [4.69, 9.17) is 4.74 Å². The van der Waals surface area contributed by atoms with E-state index in [-0.39, 0.29) is 17.2 Å². The Balaban J connectivity index is 1.51. The first kappa shape index (κ1) is 23.5. The number of para-hydroxylation sites is 1. The Bertz CT molecular complexity index is 1260. The van der Waals surface area contributed by atoms with Gasteiger partial charge in [0.15, 0.2) is 5.16 Å². The van der Waals surface area contributed by atoms with E-state index in [0.29, 0.717) is 52.8 Å². The maximum absolute atomic E-state index is 13.1. The Kier molecular flexibility index (Phi) is 7.81. The lowest BCUT2D eigenvalue weighted by atomic mass is 9.96. The Morgan fingerprint density at radius 3 is 2.97 bits per heavy atom. The summed E-state index contributed by atoms with van der Waals surface area (Å²) in [5.74, 6) is -0.109. The molecular formula is C24H26N4O3S2. The summed E-state index contributed by atoms with van der Waals surface area (Å²) in [7, 11) is 0. The highest BCUT2D eigenvalue weighted by atomic mass is 32.2. The highest BCUT2D eigenvalue weighted by Gasteiger charge is 2.22. The van der Waals surface area contributed by atoms with E-state index < -0.39 is 0 Å². The van der Waals surface area contributed by atoms with Crippen molar-refractivity contribution in [1.82, 2.24) is 9.55 Å². The van der Waals surface area contributed by atoms with Crippen molar-refractivity contribution >= 4 is 44.9 Å². The quantitative estimate of drug-likeness (QED) is 0.276. The van der Waals surface area contributed by atoms with Gasteiger partial charge >= 0.3 is 0 Å². The monoisotopic (exact) mass is 482 g/mol. The van der Waals surface area contributed by atoms with Gasteiger partial charge in [-0.3, -0.25) is 14.2 Å². The van der Waals surface area contributed by atoms with E-state index in [1.165, 1.54) is 28.0 Å². The van der Waals surface area contributed by atoms with Crippen molar-refractivity contribution in [3.05, 3.63) is 50.6 Å². The van der Waals surface area contributed by atoms with Gasteiger partial charge in [0.1, 0.15) is 11.1 Å². The number of carbonyl (C=O) groups is 1. The van der Waals surface area contributed by atoms with Crippen LogP contribution in [0.25, 0.3) is 10.9 Å². The zero-order valence-electron chi connectivity index (χ0n) is 18.6. The van der Waals surface area contributed by atoms with Crippen LogP contribution in [0.1, 0.15) is 42.2 Å². The fraction of sp³-hybridized carbons (Fsp3) is 0.417. The van der Waals surface area contributed by atoms with Gasteiger partial charge in [0.05, 0.1) is 22.2 Å². The van der Waals surface area contributed by atoms with E-state index in [9.17, 15) is 14.9 Å². The van der Waals surface area contributed by atoms with Crippen molar-refractivity contribution in [3.63, 3.8) is 0 Å². The minimum absolute atomic E-state index is 0.101. The number of ether oxygens (including phenoxy) is 1. The number of thioether (sulfide) groups is 1. The molecule has 33 heavy (non-hydrogen) atoms. The van der Waals surface area contributed by atoms with Crippen LogP contribution in [0, 0.1) is 11.3 Å². The number of nitrogens with zero attached hydrogens (tertiary/aromatic N) is 3. The molecule has 9 heteroatoms. The topological polar surface area (TPSA) is 97.0 Å². The average Bonchev–Trinajstić information content (AvgIpc) is 3.18. The molecule has 0 saturated carbocycles. The molecule has 1 aromatic carbocycles. The molecule has 2 heterocycles. The summed E-state index contributed by atoms with van der Waals surface area (Å²) >= 11 is 2.75. The SMILES string of the molecule is CCOCCCn1c(SCC(=O)Nc2sc3c(c2C#N)CCCC3)nc2ccccc2c1=O. The number of nitriles is 1. The number of benzene rings is 1. The number of hydrogen-bond acceptors (Lipinski definition) is 7. The molecule has 0 atom stereocenters. The van der Waals surface area contributed by atoms with E-state index in [1.54, 1.807) is 16.7 Å². The first-order valence-electron chi connectivity index (χ1n) is 11.2. The van der Waals surface area contributed by atoms with Gasteiger partial charge in [-0.1, -0.05) is 23.9 Å². The summed E-state index contributed by atoms with van der Waals surface area (Å²) < 4.78 is 7.04. The molecule has 0 bridgehead atoms. The number of nitrogens with one attached hydrogen (secondary N) is 1. The van der Waals surface area contributed by atoms with Crippen LogP contribution < -0.4 is 10.9 Å². The second kappa shape index (κ2) is 11.0. The third kappa shape index (κ3) is 5.29. The van der Waals surface area contributed by atoms with Crippen LogP contribution in [0.15, 0.2) is 34.2 Å². The molecule has 0 aliphatic heterocycles. The van der Waals surface area contributed by atoms with E-state index >= 15 is 0 Å². The highest BCUT2D eigenvalue weighted by molar-refractivity contribution is 7.99. The number of rotatable bonds is 9. The predicted molar refractivity (Wildman–Crippen MR) is 132 cm³/mol. The number of hydrogen-bond donors (Lipinski definition) is 1. The van der Waals surface area contributed by atoms with Crippen LogP contribution in [0.5, 0.6) is 0 Å². The third-order valence-corrected chi connectivity index (χ3v) is 7.75. The maximum Gasteiger partial charge on any atom is 0.262 e. The molecule has 2 aromatic heterocycles. The standard InChI is InChI=1S/C24H26N4O3S2/c1-2-31-13-7-12-28-23(30)17-9-3-5-10-19(17)26-24(28)32-15-21(29)27-22-18(14-25)16-8-4-6-11-20(16)33-22/h3,5,9-10H,2,4,6-8,11-13,15H2,1H3,(H,27,29). The highest BCUT2D eigenvalue weighted by Crippen LogP contribution is 2.37. The molecule has 4 rings (SSSR count). The molecule has 0 fully saturated rings. The number of thiophene rings is 1. The number of amides is 1. The Labute approximate surface area is 200 Å². The van der Waals surface area contributed by atoms with Gasteiger partial charge in [0.2, 0.25) is 5.91 Å². The number of carbonyl (C=O) groups excluding carboxylic acids is 1. The largest absolute Gasteiger partial charge is 0.382 e. The van der Waals surface area contributed by atoms with Crippen LogP contribution in [0.3, 0.4) is 0 Å². The summed E-state index contributed by atoms with van der Waals surface area (Å²) in [6.45, 7) is 3.59. The van der Waals surface area contributed by atoms with Crippen LogP contribution >= 0.6 is 23.1 Å². The van der Waals surface area contributed by atoms with Crippen LogP contribution in [0.2, 0.25) is 0 Å². The Hall–Kier alpha value is -2.67. The van der Waals surface area contributed by atoms with Gasteiger partial charge in [0.25, 0.3) is 5.56 Å². The third-order valence-electron chi connectivity index (χ3n) is 5.57. The van der Waals surface area contributed by atoms with Gasteiger partial charge in [-0.15, -0.1) is 11.3 Å². The Morgan fingerprint density at radius 2 is 2.15 bits per heavy atom. The lowest BCUT2D eigenvalue weighted by Gasteiger charge is -2.13. The second-order valence-corrected chi connectivity index (χ2v) is 9.83. The van der Waals surface area contributed by atoms with Crippen molar-refractivity contribution in [2.24, 2.45) is 0 Å². The van der Waals surface area contributed by atoms with Crippen LogP contribution in [0.4, 0.5) is 5.00 Å². The summed E-state index contributed by atoms with van der Waals surface area (Å²) in [5.41, 5.74) is 2.20. The van der Waals surface area contributed by atoms with Crippen molar-refractivity contribution in [3.8, 4) is 6.07 Å². The minimum Gasteiger partial charge on any atom is -0.382 e. The lowest BCUT2D eigenvalue weighted by molar-refractivity contribution is -0.113. The van der Waals surface area contributed by atoms with Crippen LogP contribution in [-0.4, -0.2) is 34.4 Å². The van der Waals surface area contributed by atoms with E-state index in [0.717, 1.165) is 31.2 Å². The van der Waals surface area contributed by atoms with Crippen molar-refractivity contribution in [2.75, 3.05) is 24.3 Å². The smallest absolute Gasteiger partial charge is 0.262 e. The van der Waals surface area contributed by atoms with Crippen molar-refractivity contribution in [1.29, 1.82) is 5.26 Å². The molecule has 0 radical (unpaired) electrons. The molecule has 0 spiro atoms. The second-order valence-electron chi connectivity index (χ2n) is 7.78. The van der Waals surface area contributed by atoms with Gasteiger partial charge in [-0.25, -0.2) is 4.98 Å². The fourth-order valence-electron chi connectivity index (χ4n) is 3.99. The normalized spacial score (nSPS) is 13.0. The maximum atomic E-state index is 13.1. The van der Waals surface area contributed by atoms with Gasteiger partial charge in [0, 0.05) is 24.6 Å². The predicted octanol–water partition coefficient (Wildman–Crippen LogP) is 4.37. The van der Waals surface area contributed by atoms with E-state index in [1.807, 2.05) is 19.1 Å². The molecule has 1 aliphatic carbocycles. The molecule has 7 nitrogen and oxygen atoms in total. The summed E-state index contributed by atoms with van der Waals surface area (Å²) in [5, 5.41) is 14.2. The van der Waals surface area contributed by atoms with Crippen molar-refractivity contribution in [2.45, 2.75) is 50.7 Å². The molecule has 1 aliphatic rings. The first-order chi connectivity index (χ1) is 16.1. The molecule has 1 N–H and O–H groups in total. The summed E-state index contributed by atoms with van der Waals surface area (Å²) in [6, 6.07) is 9.52. The number of anilines is 1. The van der Waals surface area contributed by atoms with Gasteiger partial charge in [-0.2, -0.15) is 5.26 Å². The Morgan fingerprint density at radius 1 is 1.33 bits per heavy atom. The number of aromatic nitrogens is 2. The van der Waals surface area contributed by atoms with Gasteiger partial charge in [-0.05, 0) is 56.7 Å². The van der Waals surface area contributed by atoms with Crippen LogP contribution in [-0.2, 0) is 28.9 Å². The van der Waals surface area contributed by atoms with Crippen molar-refractivity contribution < 1.29 is 9.53 Å². The lowest BCUT2D eigenvalue weighted by Crippen LogP contribution is -2.25. The zero-order chi connectivity index (χ0) is 23.2. The van der Waals surface area contributed by atoms with Gasteiger partial charge < -0.3 is 10.1 Å².